The molecule has 0 radical (unpaired) electrons. The molecule has 2 aliphatic rings. The van der Waals surface area contributed by atoms with Crippen molar-refractivity contribution in [1.82, 2.24) is 10.6 Å². The van der Waals surface area contributed by atoms with Crippen LogP contribution in [-0.2, 0) is 20.7 Å². The third-order valence-electron chi connectivity index (χ3n) is 6.91. The van der Waals surface area contributed by atoms with Crippen molar-refractivity contribution in [2.45, 2.75) is 64.8 Å². The van der Waals surface area contributed by atoms with Crippen LogP contribution >= 0.6 is 0 Å². The molecule has 5 heteroatoms. The Hall–Kier alpha value is -1.88. The van der Waals surface area contributed by atoms with Crippen molar-refractivity contribution in [3.05, 3.63) is 35.9 Å². The standard InChI is InChI=1S/C25H38N2O3/c1-18(2)21-8-10-22(11-9-21)24(28)27-23(16-19-6-4-3-5-7-19)25(29)26-17-20-12-14-30-15-13-20/h3-7,18,20-23H,8-17H2,1-2H3,(H,26,29)(H,27,28)/t21?,22?,23-/m1/s1. The second-order valence-corrected chi connectivity index (χ2v) is 9.41. The van der Waals surface area contributed by atoms with Gasteiger partial charge in [0.05, 0.1) is 0 Å². The van der Waals surface area contributed by atoms with Gasteiger partial charge in [0.25, 0.3) is 0 Å². The molecule has 2 N–H and O–H groups in total. The molecule has 0 bridgehead atoms. The van der Waals surface area contributed by atoms with Gasteiger partial charge < -0.3 is 15.4 Å². The molecule has 0 spiro atoms. The number of ether oxygens (including phenoxy) is 1. The molecule has 1 aromatic carbocycles. The summed E-state index contributed by atoms with van der Waals surface area (Å²) < 4.78 is 5.41. The molecule has 3 rings (SSSR count). The van der Waals surface area contributed by atoms with Crippen molar-refractivity contribution in [2.75, 3.05) is 19.8 Å². The molecule has 166 valence electrons. The van der Waals surface area contributed by atoms with Crippen LogP contribution in [0.5, 0.6) is 0 Å². The van der Waals surface area contributed by atoms with Gasteiger partial charge in [0.15, 0.2) is 0 Å². The van der Waals surface area contributed by atoms with Gasteiger partial charge in [-0.3, -0.25) is 9.59 Å². The van der Waals surface area contributed by atoms with Gasteiger partial charge in [0.1, 0.15) is 6.04 Å². The van der Waals surface area contributed by atoms with E-state index >= 15 is 0 Å². The minimum absolute atomic E-state index is 0.0292. The van der Waals surface area contributed by atoms with Crippen molar-refractivity contribution in [1.29, 1.82) is 0 Å². The van der Waals surface area contributed by atoms with Crippen LogP contribution in [0.15, 0.2) is 30.3 Å². The molecule has 30 heavy (non-hydrogen) atoms. The highest BCUT2D eigenvalue weighted by molar-refractivity contribution is 5.88. The van der Waals surface area contributed by atoms with Crippen LogP contribution in [0.4, 0.5) is 0 Å². The smallest absolute Gasteiger partial charge is 0.242 e. The number of hydrogen-bond donors (Lipinski definition) is 2. The van der Waals surface area contributed by atoms with Crippen molar-refractivity contribution >= 4 is 11.8 Å². The number of benzene rings is 1. The first-order valence-corrected chi connectivity index (χ1v) is 11.7. The number of nitrogens with one attached hydrogen (secondary N) is 2. The first-order valence-electron chi connectivity index (χ1n) is 11.7. The monoisotopic (exact) mass is 414 g/mol. The predicted octanol–water partition coefficient (Wildman–Crippen LogP) is 3.72. The Labute approximate surface area is 181 Å². The first kappa shape index (κ1) is 22.8. The van der Waals surface area contributed by atoms with Crippen molar-refractivity contribution < 1.29 is 14.3 Å². The second kappa shape index (κ2) is 11.5. The molecule has 0 aromatic heterocycles. The lowest BCUT2D eigenvalue weighted by atomic mass is 9.76. The molecule has 1 aliphatic carbocycles. The summed E-state index contributed by atoms with van der Waals surface area (Å²) in [4.78, 5) is 26.0. The quantitative estimate of drug-likeness (QED) is 0.681. The average Bonchev–Trinajstić information content (AvgIpc) is 2.78. The molecular formula is C25H38N2O3. The summed E-state index contributed by atoms with van der Waals surface area (Å²) in [6.07, 6.45) is 6.55. The fourth-order valence-corrected chi connectivity index (χ4v) is 4.72. The van der Waals surface area contributed by atoms with Crippen LogP contribution in [0.25, 0.3) is 0 Å². The SMILES string of the molecule is CC(C)C1CCC(C(=O)N[C@H](Cc2ccccc2)C(=O)NCC2CCOCC2)CC1. The van der Waals surface area contributed by atoms with E-state index in [0.717, 1.165) is 63.2 Å². The van der Waals surface area contributed by atoms with Crippen LogP contribution in [0, 0.1) is 23.7 Å². The molecule has 1 saturated carbocycles. The Morgan fingerprint density at radius 1 is 1.00 bits per heavy atom. The maximum absolute atomic E-state index is 13.0. The van der Waals surface area contributed by atoms with E-state index in [4.69, 9.17) is 4.74 Å². The Morgan fingerprint density at radius 3 is 2.30 bits per heavy atom. The number of hydrogen-bond acceptors (Lipinski definition) is 3. The minimum atomic E-state index is -0.525. The molecular weight excluding hydrogens is 376 g/mol. The topological polar surface area (TPSA) is 67.4 Å². The highest BCUT2D eigenvalue weighted by atomic mass is 16.5. The molecule has 1 aliphatic heterocycles. The summed E-state index contributed by atoms with van der Waals surface area (Å²) in [5, 5.41) is 6.18. The minimum Gasteiger partial charge on any atom is -0.381 e. The first-order chi connectivity index (χ1) is 14.5. The van der Waals surface area contributed by atoms with Gasteiger partial charge in [-0.2, -0.15) is 0 Å². The summed E-state index contributed by atoms with van der Waals surface area (Å²) in [7, 11) is 0. The summed E-state index contributed by atoms with van der Waals surface area (Å²) in [5.74, 6) is 1.85. The largest absolute Gasteiger partial charge is 0.381 e. The van der Waals surface area contributed by atoms with E-state index in [-0.39, 0.29) is 17.7 Å². The molecule has 1 saturated heterocycles. The van der Waals surface area contributed by atoms with Gasteiger partial charge in [-0.25, -0.2) is 0 Å². The van der Waals surface area contributed by atoms with E-state index in [1.54, 1.807) is 0 Å². The van der Waals surface area contributed by atoms with Gasteiger partial charge in [0, 0.05) is 32.1 Å². The zero-order valence-corrected chi connectivity index (χ0v) is 18.6. The lowest BCUT2D eigenvalue weighted by molar-refractivity contribution is -0.132. The Bertz CT molecular complexity index is 662. The van der Waals surface area contributed by atoms with Gasteiger partial charge in [0.2, 0.25) is 11.8 Å². The maximum atomic E-state index is 13.0. The normalized spacial score (nSPS) is 23.7. The van der Waals surface area contributed by atoms with E-state index in [1.807, 2.05) is 30.3 Å². The van der Waals surface area contributed by atoms with Crippen LogP contribution in [0.1, 0.15) is 57.9 Å². The zero-order valence-electron chi connectivity index (χ0n) is 18.6. The number of carbonyl (C=O) groups excluding carboxylic acids is 2. The molecule has 1 atom stereocenters. The van der Waals surface area contributed by atoms with Gasteiger partial charge in [-0.1, -0.05) is 44.2 Å². The van der Waals surface area contributed by atoms with Crippen LogP contribution in [0.3, 0.4) is 0 Å². The van der Waals surface area contributed by atoms with Crippen LogP contribution in [0.2, 0.25) is 0 Å². The van der Waals surface area contributed by atoms with Gasteiger partial charge in [-0.15, -0.1) is 0 Å². The van der Waals surface area contributed by atoms with E-state index in [2.05, 4.69) is 24.5 Å². The maximum Gasteiger partial charge on any atom is 0.242 e. The number of amides is 2. The highest BCUT2D eigenvalue weighted by Gasteiger charge is 2.30. The van der Waals surface area contributed by atoms with E-state index in [1.165, 1.54) is 0 Å². The molecule has 1 heterocycles. The third-order valence-corrected chi connectivity index (χ3v) is 6.91. The second-order valence-electron chi connectivity index (χ2n) is 9.41. The van der Waals surface area contributed by atoms with E-state index in [0.29, 0.717) is 24.8 Å². The zero-order chi connectivity index (χ0) is 21.3. The highest BCUT2D eigenvalue weighted by Crippen LogP contribution is 2.33. The van der Waals surface area contributed by atoms with Gasteiger partial charge in [-0.05, 0) is 61.8 Å². The summed E-state index contributed by atoms with van der Waals surface area (Å²) >= 11 is 0. The lowest BCUT2D eigenvalue weighted by Crippen LogP contribution is -2.51. The molecule has 2 fully saturated rings. The third kappa shape index (κ3) is 6.83. The Balaban J connectivity index is 1.57. The number of carbonyl (C=O) groups is 2. The fraction of sp³-hybridized carbons (Fsp3) is 0.680. The summed E-state index contributed by atoms with van der Waals surface area (Å²) in [6.45, 7) is 6.73. The predicted molar refractivity (Wildman–Crippen MR) is 119 cm³/mol. The van der Waals surface area contributed by atoms with E-state index in [9.17, 15) is 9.59 Å². The van der Waals surface area contributed by atoms with Crippen LogP contribution < -0.4 is 10.6 Å². The fourth-order valence-electron chi connectivity index (χ4n) is 4.72. The summed E-state index contributed by atoms with van der Waals surface area (Å²) in [6, 6.07) is 9.41. The number of rotatable bonds is 8. The van der Waals surface area contributed by atoms with Crippen LogP contribution in [-0.4, -0.2) is 37.6 Å². The van der Waals surface area contributed by atoms with E-state index < -0.39 is 6.04 Å². The van der Waals surface area contributed by atoms with Crippen molar-refractivity contribution in [2.24, 2.45) is 23.7 Å². The van der Waals surface area contributed by atoms with Crippen molar-refractivity contribution in [3.8, 4) is 0 Å². The average molecular weight is 415 g/mol. The molecule has 0 unspecified atom stereocenters. The van der Waals surface area contributed by atoms with Crippen molar-refractivity contribution in [3.63, 3.8) is 0 Å². The molecule has 2 amide bonds. The Morgan fingerprint density at radius 2 is 1.67 bits per heavy atom. The van der Waals surface area contributed by atoms with Gasteiger partial charge >= 0.3 is 0 Å². The molecule has 1 aromatic rings. The summed E-state index contributed by atoms with van der Waals surface area (Å²) in [5.41, 5.74) is 1.06. The Kier molecular flexibility index (Phi) is 8.74. The lowest BCUT2D eigenvalue weighted by Gasteiger charge is -2.31. The molecule has 5 nitrogen and oxygen atoms in total.